The molecule has 0 aromatic rings. The molecule has 0 saturated carbocycles. The van der Waals surface area contributed by atoms with Gasteiger partial charge in [-0.25, -0.2) is 0 Å². The summed E-state index contributed by atoms with van der Waals surface area (Å²) >= 11 is 0. The van der Waals surface area contributed by atoms with Crippen LogP contribution in [0.4, 0.5) is 0 Å². The minimum Gasteiger partial charge on any atom is -0.388 e. The van der Waals surface area contributed by atoms with Crippen LogP contribution in [-0.2, 0) is 4.79 Å². The maximum absolute atomic E-state index is 10.4. The molecule has 0 radical (unpaired) electrons. The molecule has 2 nitrogen and oxygen atoms in total. The summed E-state index contributed by atoms with van der Waals surface area (Å²) in [6.45, 7) is 0. The number of carbonyl (C=O) groups excluding carboxylic acids is 1. The van der Waals surface area contributed by atoms with Gasteiger partial charge in [0, 0.05) is 12.7 Å². The summed E-state index contributed by atoms with van der Waals surface area (Å²) < 4.78 is 0. The predicted molar refractivity (Wildman–Crippen MR) is 45.0 cm³/mol. The minimum atomic E-state index is 0.727. The van der Waals surface area contributed by atoms with Gasteiger partial charge < -0.3 is 5.32 Å². The van der Waals surface area contributed by atoms with E-state index in [4.69, 9.17) is 0 Å². The molecule has 0 atom stereocenters. The lowest BCUT2D eigenvalue weighted by Crippen LogP contribution is -2.01. The van der Waals surface area contributed by atoms with Gasteiger partial charge in [-0.3, -0.25) is 4.79 Å². The first-order valence-electron chi connectivity index (χ1n) is 3.57. The molecule has 1 aliphatic rings. The smallest absolute Gasteiger partial charge is 0.146 e. The van der Waals surface area contributed by atoms with Crippen molar-refractivity contribution in [3.63, 3.8) is 0 Å². The first-order valence-corrected chi connectivity index (χ1v) is 3.57. The second-order valence-electron chi connectivity index (χ2n) is 2.34. The van der Waals surface area contributed by atoms with Crippen molar-refractivity contribution in [2.75, 3.05) is 7.05 Å². The van der Waals surface area contributed by atoms with Crippen LogP contribution in [0.25, 0.3) is 0 Å². The van der Waals surface area contributed by atoms with Crippen molar-refractivity contribution >= 4 is 6.29 Å². The van der Waals surface area contributed by atoms with Gasteiger partial charge in [-0.05, 0) is 24.1 Å². The van der Waals surface area contributed by atoms with Crippen molar-refractivity contribution in [2.45, 2.75) is 6.42 Å². The number of hydrogen-bond donors (Lipinski definition) is 1. The molecule has 0 aromatic carbocycles. The van der Waals surface area contributed by atoms with Crippen molar-refractivity contribution in [1.82, 2.24) is 5.32 Å². The quantitative estimate of drug-likeness (QED) is 0.597. The highest BCUT2D eigenvalue weighted by Crippen LogP contribution is 2.06. The van der Waals surface area contributed by atoms with Gasteiger partial charge in [0.1, 0.15) is 6.29 Å². The Balaban J connectivity index is 2.80. The fourth-order valence-corrected chi connectivity index (χ4v) is 0.896. The summed E-state index contributed by atoms with van der Waals surface area (Å²) in [5, 5.41) is 3.00. The average molecular weight is 149 g/mol. The van der Waals surface area contributed by atoms with Gasteiger partial charge in [-0.2, -0.15) is 0 Å². The van der Waals surface area contributed by atoms with Crippen LogP contribution >= 0.6 is 0 Å². The van der Waals surface area contributed by atoms with Gasteiger partial charge in [0.15, 0.2) is 0 Å². The number of likely N-dealkylation sites (N-methyl/N-ethyl adjacent to an activating group) is 1. The molecule has 1 N–H and O–H groups in total. The molecular weight excluding hydrogens is 138 g/mol. The molecule has 0 fully saturated rings. The predicted octanol–water partition coefficient (Wildman–Crippen LogP) is 1.17. The highest BCUT2D eigenvalue weighted by Gasteiger charge is 1.95. The second-order valence-corrected chi connectivity index (χ2v) is 2.34. The number of rotatable bonds is 2. The summed E-state index contributed by atoms with van der Waals surface area (Å²) in [6.07, 6.45) is 9.28. The summed E-state index contributed by atoms with van der Waals surface area (Å²) in [7, 11) is 1.86. The number of aldehydes is 1. The molecule has 0 saturated heterocycles. The van der Waals surface area contributed by atoms with Crippen molar-refractivity contribution in [3.05, 3.63) is 35.6 Å². The van der Waals surface area contributed by atoms with Crippen LogP contribution in [0.5, 0.6) is 0 Å². The van der Waals surface area contributed by atoms with E-state index in [-0.39, 0.29) is 0 Å². The van der Waals surface area contributed by atoms with Crippen LogP contribution in [0.1, 0.15) is 6.42 Å². The Kier molecular flexibility index (Phi) is 2.66. The first kappa shape index (κ1) is 7.79. The fourth-order valence-electron chi connectivity index (χ4n) is 0.896. The monoisotopic (exact) mass is 149 g/mol. The van der Waals surface area contributed by atoms with Crippen LogP contribution < -0.4 is 5.32 Å². The molecular formula is C9H11NO. The van der Waals surface area contributed by atoms with Gasteiger partial charge in [0.2, 0.25) is 0 Å². The molecule has 1 aliphatic carbocycles. The lowest BCUT2D eigenvalue weighted by Gasteiger charge is -1.94. The van der Waals surface area contributed by atoms with E-state index < -0.39 is 0 Å². The van der Waals surface area contributed by atoms with E-state index >= 15 is 0 Å². The molecule has 0 aromatic heterocycles. The summed E-state index contributed by atoms with van der Waals surface area (Å²) in [5.74, 6) is 0. The van der Waals surface area contributed by atoms with E-state index in [9.17, 15) is 4.79 Å². The maximum atomic E-state index is 10.4. The average Bonchev–Trinajstić information content (AvgIpc) is 2.28. The normalized spacial score (nSPS) is 16.5. The third-order valence-electron chi connectivity index (χ3n) is 1.57. The number of hydrogen-bond acceptors (Lipinski definition) is 2. The maximum Gasteiger partial charge on any atom is 0.146 e. The van der Waals surface area contributed by atoms with Gasteiger partial charge >= 0.3 is 0 Å². The third kappa shape index (κ3) is 2.08. The Morgan fingerprint density at radius 3 is 3.00 bits per heavy atom. The van der Waals surface area contributed by atoms with Crippen LogP contribution in [0.3, 0.4) is 0 Å². The molecule has 11 heavy (non-hydrogen) atoms. The second kappa shape index (κ2) is 3.76. The Labute approximate surface area is 66.3 Å². The Bertz CT molecular complexity index is 236. The SMILES string of the molecule is CNC1=CC=C(C=O)CC=C1. The van der Waals surface area contributed by atoms with Gasteiger partial charge in [0.05, 0.1) is 0 Å². The molecule has 2 heteroatoms. The van der Waals surface area contributed by atoms with Gasteiger partial charge in [0.25, 0.3) is 0 Å². The van der Waals surface area contributed by atoms with Crippen LogP contribution in [-0.4, -0.2) is 13.3 Å². The van der Waals surface area contributed by atoms with Crippen molar-refractivity contribution in [1.29, 1.82) is 0 Å². The largest absolute Gasteiger partial charge is 0.388 e. The van der Waals surface area contributed by atoms with Crippen LogP contribution in [0.15, 0.2) is 35.6 Å². The zero-order valence-corrected chi connectivity index (χ0v) is 6.50. The standard InChI is InChI=1S/C9H11NO/c1-10-9-4-2-3-8(7-11)5-6-9/h2,4-7,10H,3H2,1H3. The van der Waals surface area contributed by atoms with E-state index in [0.29, 0.717) is 0 Å². The lowest BCUT2D eigenvalue weighted by molar-refractivity contribution is -0.104. The van der Waals surface area contributed by atoms with E-state index in [1.807, 2.05) is 31.4 Å². The Morgan fingerprint density at radius 1 is 1.55 bits per heavy atom. The van der Waals surface area contributed by atoms with Gasteiger partial charge in [-0.1, -0.05) is 12.2 Å². The zero-order valence-electron chi connectivity index (χ0n) is 6.50. The summed E-state index contributed by atoms with van der Waals surface area (Å²) in [5.41, 5.74) is 1.84. The van der Waals surface area contributed by atoms with E-state index in [2.05, 4.69) is 5.32 Å². The molecule has 0 aliphatic heterocycles. The molecule has 0 bridgehead atoms. The van der Waals surface area contributed by atoms with Crippen molar-refractivity contribution in [3.8, 4) is 0 Å². The minimum absolute atomic E-state index is 0.727. The van der Waals surface area contributed by atoms with Crippen LogP contribution in [0, 0.1) is 0 Å². The summed E-state index contributed by atoms with van der Waals surface area (Å²) in [4.78, 5) is 10.4. The molecule has 1 rings (SSSR count). The molecule has 0 spiro atoms. The third-order valence-corrected chi connectivity index (χ3v) is 1.57. The Hall–Kier alpha value is -1.31. The van der Waals surface area contributed by atoms with E-state index in [0.717, 1.165) is 24.0 Å². The van der Waals surface area contributed by atoms with E-state index in [1.165, 1.54) is 0 Å². The number of carbonyl (C=O) groups is 1. The molecule has 0 heterocycles. The van der Waals surface area contributed by atoms with Crippen molar-refractivity contribution in [2.24, 2.45) is 0 Å². The van der Waals surface area contributed by atoms with E-state index in [1.54, 1.807) is 0 Å². The van der Waals surface area contributed by atoms with Crippen LogP contribution in [0.2, 0.25) is 0 Å². The molecule has 0 amide bonds. The number of allylic oxidation sites excluding steroid dienone is 5. The summed E-state index contributed by atoms with van der Waals surface area (Å²) in [6, 6.07) is 0. The number of nitrogens with one attached hydrogen (secondary N) is 1. The zero-order chi connectivity index (χ0) is 8.10. The Morgan fingerprint density at radius 2 is 2.36 bits per heavy atom. The van der Waals surface area contributed by atoms with Gasteiger partial charge in [-0.15, -0.1) is 0 Å². The van der Waals surface area contributed by atoms with Crippen molar-refractivity contribution < 1.29 is 4.79 Å². The highest BCUT2D eigenvalue weighted by molar-refractivity contribution is 5.74. The molecule has 58 valence electrons. The highest BCUT2D eigenvalue weighted by atomic mass is 16.1. The fraction of sp³-hybridized carbons (Fsp3) is 0.222. The lowest BCUT2D eigenvalue weighted by atomic mass is 10.2. The first-order chi connectivity index (χ1) is 5.36. The topological polar surface area (TPSA) is 29.1 Å². The molecule has 0 unspecified atom stereocenters.